The Hall–Kier alpha value is -0.680. The molecule has 2 aliphatic rings. The minimum absolute atomic E-state index is 0.0293. The molecule has 1 aliphatic carbocycles. The van der Waals surface area contributed by atoms with Crippen LogP contribution in [0.5, 0.6) is 5.75 Å². The summed E-state index contributed by atoms with van der Waals surface area (Å²) in [6.45, 7) is 0.712. The quantitative estimate of drug-likeness (QED) is 0.882. The van der Waals surface area contributed by atoms with Crippen LogP contribution in [0.25, 0.3) is 0 Å². The molecule has 0 saturated heterocycles. The molecule has 0 spiro atoms. The Kier molecular flexibility index (Phi) is 4.23. The third kappa shape index (κ3) is 3.39. The predicted octanol–water partition coefficient (Wildman–Crippen LogP) is 4.08. The lowest BCUT2D eigenvalue weighted by atomic mass is 9.80. The van der Waals surface area contributed by atoms with E-state index in [9.17, 15) is 8.78 Å². The van der Waals surface area contributed by atoms with Crippen LogP contribution in [0.15, 0.2) is 16.6 Å². The summed E-state index contributed by atoms with van der Waals surface area (Å²) in [5, 5.41) is 0. The lowest BCUT2D eigenvalue weighted by Gasteiger charge is -2.32. The number of benzene rings is 1. The SMILES string of the molecule is NC(Cc1cc(Br)cc2c1OCC2)C1CCC(F)(F)CC1. The van der Waals surface area contributed by atoms with Crippen LogP contribution in [-0.4, -0.2) is 18.6 Å². The average Bonchev–Trinajstić information content (AvgIpc) is 2.86. The molecule has 0 radical (unpaired) electrons. The van der Waals surface area contributed by atoms with E-state index in [-0.39, 0.29) is 24.8 Å². The van der Waals surface area contributed by atoms with E-state index in [1.54, 1.807) is 0 Å². The average molecular weight is 360 g/mol. The third-order valence-corrected chi connectivity index (χ3v) is 5.11. The molecule has 1 fully saturated rings. The first kappa shape index (κ1) is 15.2. The maximum atomic E-state index is 13.2. The molecule has 116 valence electrons. The first-order chi connectivity index (χ1) is 9.94. The molecule has 0 amide bonds. The lowest BCUT2D eigenvalue weighted by molar-refractivity contribution is -0.0481. The highest BCUT2D eigenvalue weighted by Crippen LogP contribution is 2.39. The van der Waals surface area contributed by atoms with Gasteiger partial charge in [-0.2, -0.15) is 0 Å². The summed E-state index contributed by atoms with van der Waals surface area (Å²) < 4.78 is 33.2. The number of fused-ring (bicyclic) bond motifs is 1. The van der Waals surface area contributed by atoms with E-state index >= 15 is 0 Å². The van der Waals surface area contributed by atoms with Gasteiger partial charge in [0.05, 0.1) is 6.61 Å². The normalized spacial score (nSPS) is 22.7. The number of hydrogen-bond acceptors (Lipinski definition) is 2. The van der Waals surface area contributed by atoms with Crippen molar-refractivity contribution in [3.8, 4) is 5.75 Å². The monoisotopic (exact) mass is 359 g/mol. The van der Waals surface area contributed by atoms with Crippen molar-refractivity contribution in [3.05, 3.63) is 27.7 Å². The zero-order valence-electron chi connectivity index (χ0n) is 11.9. The second-order valence-electron chi connectivity index (χ2n) is 6.21. The number of ether oxygens (including phenoxy) is 1. The van der Waals surface area contributed by atoms with Crippen LogP contribution in [0.1, 0.15) is 36.8 Å². The molecule has 1 saturated carbocycles. The van der Waals surface area contributed by atoms with Crippen LogP contribution in [0.3, 0.4) is 0 Å². The van der Waals surface area contributed by atoms with Crippen molar-refractivity contribution in [1.82, 2.24) is 0 Å². The van der Waals surface area contributed by atoms with E-state index in [4.69, 9.17) is 10.5 Å². The molecule has 0 bridgehead atoms. The molecular formula is C16H20BrF2NO. The Bertz CT molecular complexity index is 525. The number of rotatable bonds is 3. The third-order valence-electron chi connectivity index (χ3n) is 4.65. The molecule has 1 heterocycles. The maximum Gasteiger partial charge on any atom is 0.248 e. The van der Waals surface area contributed by atoms with Gasteiger partial charge >= 0.3 is 0 Å². The molecule has 1 atom stereocenters. The second kappa shape index (κ2) is 5.84. The Morgan fingerprint density at radius 1 is 1.33 bits per heavy atom. The lowest BCUT2D eigenvalue weighted by Crippen LogP contribution is -2.37. The number of hydrogen-bond donors (Lipinski definition) is 1. The van der Waals surface area contributed by atoms with E-state index in [2.05, 4.69) is 22.0 Å². The molecule has 5 heteroatoms. The van der Waals surface area contributed by atoms with Gasteiger partial charge in [0.2, 0.25) is 5.92 Å². The van der Waals surface area contributed by atoms with Crippen molar-refractivity contribution in [2.75, 3.05) is 6.61 Å². The van der Waals surface area contributed by atoms with Gasteiger partial charge in [0, 0.05) is 29.8 Å². The summed E-state index contributed by atoms with van der Waals surface area (Å²) in [5.41, 5.74) is 8.61. The van der Waals surface area contributed by atoms with Gasteiger partial charge < -0.3 is 10.5 Å². The summed E-state index contributed by atoms with van der Waals surface area (Å²) >= 11 is 3.52. The summed E-state index contributed by atoms with van der Waals surface area (Å²) in [6, 6.07) is 4.05. The summed E-state index contributed by atoms with van der Waals surface area (Å²) in [7, 11) is 0. The molecule has 1 aliphatic heterocycles. The fraction of sp³-hybridized carbons (Fsp3) is 0.625. The summed E-state index contributed by atoms with van der Waals surface area (Å²) in [4.78, 5) is 0. The zero-order valence-corrected chi connectivity index (χ0v) is 13.5. The van der Waals surface area contributed by atoms with Gasteiger partial charge in [-0.05, 0) is 48.4 Å². The summed E-state index contributed by atoms with van der Waals surface area (Å²) in [6.07, 6.45) is 2.60. The largest absolute Gasteiger partial charge is 0.493 e. The van der Waals surface area contributed by atoms with Gasteiger partial charge in [0.25, 0.3) is 0 Å². The van der Waals surface area contributed by atoms with E-state index in [0.717, 1.165) is 22.2 Å². The number of alkyl halides is 2. The molecule has 21 heavy (non-hydrogen) atoms. The van der Waals surface area contributed by atoms with Crippen molar-refractivity contribution < 1.29 is 13.5 Å². The minimum Gasteiger partial charge on any atom is -0.493 e. The minimum atomic E-state index is -2.49. The highest BCUT2D eigenvalue weighted by atomic mass is 79.9. The number of halogens is 3. The molecule has 2 nitrogen and oxygen atoms in total. The van der Waals surface area contributed by atoms with E-state index < -0.39 is 5.92 Å². The Morgan fingerprint density at radius 3 is 2.76 bits per heavy atom. The Morgan fingerprint density at radius 2 is 2.05 bits per heavy atom. The van der Waals surface area contributed by atoms with E-state index in [1.807, 2.05) is 6.07 Å². The predicted molar refractivity (Wildman–Crippen MR) is 81.9 cm³/mol. The fourth-order valence-corrected chi connectivity index (χ4v) is 3.96. The molecule has 1 unspecified atom stereocenters. The van der Waals surface area contributed by atoms with Crippen LogP contribution in [0.4, 0.5) is 8.78 Å². The highest BCUT2D eigenvalue weighted by molar-refractivity contribution is 9.10. The molecule has 3 rings (SSSR count). The fourth-order valence-electron chi connectivity index (χ4n) is 3.41. The van der Waals surface area contributed by atoms with Gasteiger partial charge in [-0.1, -0.05) is 15.9 Å². The summed E-state index contributed by atoms with van der Waals surface area (Å²) in [5.74, 6) is -1.36. The second-order valence-corrected chi connectivity index (χ2v) is 7.13. The van der Waals surface area contributed by atoms with Crippen LogP contribution >= 0.6 is 15.9 Å². The van der Waals surface area contributed by atoms with Gasteiger partial charge in [-0.25, -0.2) is 8.78 Å². The Balaban J connectivity index is 1.70. The standard InChI is InChI=1S/C16H20BrF2NO/c17-13-7-11-3-6-21-15(11)12(8-13)9-14(20)10-1-4-16(18,19)5-2-10/h7-8,10,14H,1-6,9,20H2. The van der Waals surface area contributed by atoms with Gasteiger partial charge in [-0.3, -0.25) is 0 Å². The maximum absolute atomic E-state index is 13.2. The topological polar surface area (TPSA) is 35.2 Å². The van der Waals surface area contributed by atoms with Gasteiger partial charge in [0.15, 0.2) is 0 Å². The molecular weight excluding hydrogens is 340 g/mol. The Labute approximate surface area is 132 Å². The van der Waals surface area contributed by atoms with Crippen LogP contribution in [0, 0.1) is 5.92 Å². The van der Waals surface area contributed by atoms with Crippen molar-refractivity contribution >= 4 is 15.9 Å². The van der Waals surface area contributed by atoms with Crippen molar-refractivity contribution in [1.29, 1.82) is 0 Å². The van der Waals surface area contributed by atoms with Crippen molar-refractivity contribution in [2.24, 2.45) is 11.7 Å². The van der Waals surface area contributed by atoms with Crippen molar-refractivity contribution in [3.63, 3.8) is 0 Å². The van der Waals surface area contributed by atoms with Crippen LogP contribution < -0.4 is 10.5 Å². The van der Waals surface area contributed by atoms with Crippen LogP contribution in [-0.2, 0) is 12.8 Å². The molecule has 1 aromatic carbocycles. The van der Waals surface area contributed by atoms with Gasteiger partial charge in [0.1, 0.15) is 5.75 Å². The molecule has 0 aromatic heterocycles. The van der Waals surface area contributed by atoms with E-state index in [0.29, 0.717) is 25.9 Å². The first-order valence-corrected chi connectivity index (χ1v) is 8.31. The number of nitrogens with two attached hydrogens (primary N) is 1. The van der Waals surface area contributed by atoms with Crippen molar-refractivity contribution in [2.45, 2.75) is 50.5 Å². The smallest absolute Gasteiger partial charge is 0.248 e. The van der Waals surface area contributed by atoms with Gasteiger partial charge in [-0.15, -0.1) is 0 Å². The highest BCUT2D eigenvalue weighted by Gasteiger charge is 2.37. The molecule has 1 aromatic rings. The molecule has 2 N–H and O–H groups in total. The van der Waals surface area contributed by atoms with E-state index in [1.165, 1.54) is 5.56 Å². The first-order valence-electron chi connectivity index (χ1n) is 7.52. The van der Waals surface area contributed by atoms with Crippen LogP contribution in [0.2, 0.25) is 0 Å². The zero-order chi connectivity index (χ0) is 15.0.